The maximum absolute atomic E-state index is 11.1. The number of thioether (sulfide) groups is 2. The van der Waals surface area contributed by atoms with Gasteiger partial charge in [-0.15, -0.1) is 11.8 Å². The number of aldehydes is 1. The van der Waals surface area contributed by atoms with E-state index >= 15 is 0 Å². The van der Waals surface area contributed by atoms with Gasteiger partial charge in [-0.25, -0.2) is 0 Å². The number of hydrogen-bond donors (Lipinski definition) is 0. The smallest absolute Gasteiger partial charge is 0.136 e. The van der Waals surface area contributed by atoms with Crippen LogP contribution >= 0.6 is 23.5 Å². The Hall–Kier alpha value is 0.370. The summed E-state index contributed by atoms with van der Waals surface area (Å²) in [4.78, 5) is 11.1. The molecule has 2 saturated heterocycles. The Bertz CT molecular complexity index is 169. The topological polar surface area (TPSA) is 17.1 Å². The Morgan fingerprint density at radius 2 is 2.33 bits per heavy atom. The number of hydrogen-bond acceptors (Lipinski definition) is 3. The van der Waals surface area contributed by atoms with Crippen molar-refractivity contribution in [3.05, 3.63) is 0 Å². The van der Waals surface area contributed by atoms with Crippen LogP contribution in [0.2, 0.25) is 0 Å². The van der Waals surface area contributed by atoms with Crippen LogP contribution in [-0.2, 0) is 4.79 Å². The van der Waals surface area contributed by atoms with E-state index in [0.717, 1.165) is 6.42 Å². The molecule has 0 amide bonds. The highest BCUT2D eigenvalue weighted by atomic mass is 32.2. The van der Waals surface area contributed by atoms with Crippen molar-refractivity contribution >= 4 is 29.8 Å². The van der Waals surface area contributed by atoms with Crippen LogP contribution in [0.1, 0.15) is 19.3 Å². The molecule has 2 fully saturated rings. The standard InChI is InChI=1S/C9H14OS2/c10-7-9(3-1-4-12-9)8-2-5-11-6-8/h7-8H,1-6H2. The zero-order valence-electron chi connectivity index (χ0n) is 7.12. The summed E-state index contributed by atoms with van der Waals surface area (Å²) in [5.74, 6) is 4.35. The van der Waals surface area contributed by atoms with E-state index in [2.05, 4.69) is 0 Å². The monoisotopic (exact) mass is 202 g/mol. The fourth-order valence-corrected chi connectivity index (χ4v) is 5.05. The molecule has 2 heterocycles. The molecular formula is C9H14OS2. The minimum Gasteiger partial charge on any atom is -0.302 e. The highest BCUT2D eigenvalue weighted by Crippen LogP contribution is 2.47. The average molecular weight is 202 g/mol. The first-order valence-corrected chi connectivity index (χ1v) is 6.69. The van der Waals surface area contributed by atoms with E-state index < -0.39 is 0 Å². The Morgan fingerprint density at radius 3 is 2.83 bits per heavy atom. The SMILES string of the molecule is O=CC1(C2CCSC2)CCCS1. The second-order valence-corrected chi connectivity index (χ2v) is 6.19. The Morgan fingerprint density at radius 1 is 1.42 bits per heavy atom. The molecule has 0 spiro atoms. The van der Waals surface area contributed by atoms with Gasteiger partial charge in [-0.3, -0.25) is 0 Å². The van der Waals surface area contributed by atoms with Crippen molar-refractivity contribution in [2.45, 2.75) is 24.0 Å². The van der Waals surface area contributed by atoms with E-state index in [1.807, 2.05) is 23.5 Å². The summed E-state index contributed by atoms with van der Waals surface area (Å²) >= 11 is 3.92. The van der Waals surface area contributed by atoms with Gasteiger partial charge in [-0.05, 0) is 42.4 Å². The predicted molar refractivity (Wildman–Crippen MR) is 55.9 cm³/mol. The van der Waals surface area contributed by atoms with Gasteiger partial charge in [0.1, 0.15) is 6.29 Å². The lowest BCUT2D eigenvalue weighted by Crippen LogP contribution is -2.33. The summed E-state index contributed by atoms with van der Waals surface area (Å²) in [6.45, 7) is 0. The van der Waals surface area contributed by atoms with Crippen LogP contribution in [0.3, 0.4) is 0 Å². The lowest BCUT2D eigenvalue weighted by atomic mass is 9.89. The lowest BCUT2D eigenvalue weighted by Gasteiger charge is -2.27. The van der Waals surface area contributed by atoms with Crippen molar-refractivity contribution in [2.24, 2.45) is 5.92 Å². The molecule has 2 rings (SSSR count). The molecular weight excluding hydrogens is 188 g/mol. The first-order valence-electron chi connectivity index (χ1n) is 4.55. The van der Waals surface area contributed by atoms with Gasteiger partial charge < -0.3 is 4.79 Å². The average Bonchev–Trinajstić information content (AvgIpc) is 2.76. The van der Waals surface area contributed by atoms with Crippen molar-refractivity contribution in [1.29, 1.82) is 0 Å². The Labute approximate surface area is 82.1 Å². The number of carbonyl (C=O) groups is 1. The molecule has 3 heteroatoms. The summed E-state index contributed by atoms with van der Waals surface area (Å²) < 4.78 is 0.0313. The summed E-state index contributed by atoms with van der Waals surface area (Å²) in [5.41, 5.74) is 0. The van der Waals surface area contributed by atoms with E-state index in [9.17, 15) is 4.79 Å². The van der Waals surface area contributed by atoms with E-state index in [1.165, 1.54) is 36.4 Å². The first-order chi connectivity index (χ1) is 5.87. The van der Waals surface area contributed by atoms with Crippen LogP contribution < -0.4 is 0 Å². The van der Waals surface area contributed by atoms with Crippen molar-refractivity contribution in [2.75, 3.05) is 17.3 Å². The fraction of sp³-hybridized carbons (Fsp3) is 0.889. The van der Waals surface area contributed by atoms with E-state index in [1.54, 1.807) is 0 Å². The molecule has 0 aliphatic carbocycles. The quantitative estimate of drug-likeness (QED) is 0.639. The van der Waals surface area contributed by atoms with Crippen LogP contribution in [0.15, 0.2) is 0 Å². The normalized spacial score (nSPS) is 41.8. The van der Waals surface area contributed by atoms with Crippen LogP contribution in [0, 0.1) is 5.92 Å². The molecule has 68 valence electrons. The minimum absolute atomic E-state index is 0.0313. The highest BCUT2D eigenvalue weighted by molar-refractivity contribution is 8.02. The van der Waals surface area contributed by atoms with Crippen LogP contribution in [-0.4, -0.2) is 28.3 Å². The van der Waals surface area contributed by atoms with Crippen LogP contribution in [0.4, 0.5) is 0 Å². The van der Waals surface area contributed by atoms with E-state index in [4.69, 9.17) is 0 Å². The third kappa shape index (κ3) is 1.41. The van der Waals surface area contributed by atoms with Crippen LogP contribution in [0.5, 0.6) is 0 Å². The molecule has 0 aromatic carbocycles. The summed E-state index contributed by atoms with van der Waals surface area (Å²) in [6, 6.07) is 0. The van der Waals surface area contributed by atoms with E-state index in [-0.39, 0.29) is 4.75 Å². The predicted octanol–water partition coefficient (Wildman–Crippen LogP) is 2.20. The maximum Gasteiger partial charge on any atom is 0.136 e. The van der Waals surface area contributed by atoms with Gasteiger partial charge in [0, 0.05) is 0 Å². The first kappa shape index (κ1) is 8.95. The van der Waals surface area contributed by atoms with Gasteiger partial charge in [-0.2, -0.15) is 11.8 Å². The molecule has 2 atom stereocenters. The molecule has 0 saturated carbocycles. The summed E-state index contributed by atoms with van der Waals surface area (Å²) in [5, 5.41) is 0. The molecule has 2 aliphatic rings. The van der Waals surface area contributed by atoms with Gasteiger partial charge in [0.15, 0.2) is 0 Å². The molecule has 1 nitrogen and oxygen atoms in total. The lowest BCUT2D eigenvalue weighted by molar-refractivity contribution is -0.110. The second kappa shape index (κ2) is 3.62. The third-order valence-corrected chi connectivity index (χ3v) is 5.73. The van der Waals surface area contributed by atoms with Crippen molar-refractivity contribution < 1.29 is 4.79 Å². The number of rotatable bonds is 2. The number of carbonyl (C=O) groups excluding carboxylic acids is 1. The molecule has 0 bridgehead atoms. The molecule has 2 aliphatic heterocycles. The van der Waals surface area contributed by atoms with Crippen molar-refractivity contribution in [1.82, 2.24) is 0 Å². The fourth-order valence-electron chi connectivity index (χ4n) is 2.11. The molecule has 0 N–H and O–H groups in total. The van der Waals surface area contributed by atoms with Crippen molar-refractivity contribution in [3.63, 3.8) is 0 Å². The van der Waals surface area contributed by atoms with E-state index in [0.29, 0.717) is 5.92 Å². The Balaban J connectivity index is 2.09. The maximum atomic E-state index is 11.1. The molecule has 0 aromatic rings. The largest absolute Gasteiger partial charge is 0.302 e. The second-order valence-electron chi connectivity index (χ2n) is 3.59. The van der Waals surface area contributed by atoms with Gasteiger partial charge in [0.05, 0.1) is 4.75 Å². The molecule has 12 heavy (non-hydrogen) atoms. The highest BCUT2D eigenvalue weighted by Gasteiger charge is 2.43. The van der Waals surface area contributed by atoms with Crippen LogP contribution in [0.25, 0.3) is 0 Å². The van der Waals surface area contributed by atoms with Gasteiger partial charge in [-0.1, -0.05) is 0 Å². The zero-order valence-corrected chi connectivity index (χ0v) is 8.76. The molecule has 2 unspecified atom stereocenters. The zero-order chi connectivity index (χ0) is 8.44. The van der Waals surface area contributed by atoms with Gasteiger partial charge in [0.25, 0.3) is 0 Å². The van der Waals surface area contributed by atoms with Crippen molar-refractivity contribution in [3.8, 4) is 0 Å². The third-order valence-electron chi connectivity index (χ3n) is 2.90. The summed E-state index contributed by atoms with van der Waals surface area (Å²) in [6.07, 6.45) is 4.87. The molecule has 0 radical (unpaired) electrons. The van der Waals surface area contributed by atoms with Gasteiger partial charge in [0.2, 0.25) is 0 Å². The minimum atomic E-state index is 0.0313. The summed E-state index contributed by atoms with van der Waals surface area (Å²) in [7, 11) is 0. The molecule has 0 aromatic heterocycles. The Kier molecular flexibility index (Phi) is 2.70. The van der Waals surface area contributed by atoms with Gasteiger partial charge >= 0.3 is 0 Å².